The molecule has 0 radical (unpaired) electrons. The lowest BCUT2D eigenvalue weighted by Crippen LogP contribution is -2.20. The van der Waals surface area contributed by atoms with E-state index in [4.69, 9.17) is 4.74 Å². The standard InChI is InChI=1S/C24H21N5O2S/c1-31-21-14-12-19(13-15-21)23-27-28-24(29(23)20-10-6-3-7-11-20)32-17-22(30)26-25-16-18-8-4-2-5-9-18/h2-16H,17H2,1H3,(H,26,30)/b25-16+. The van der Waals surface area contributed by atoms with Crippen LogP contribution in [0, 0.1) is 0 Å². The summed E-state index contributed by atoms with van der Waals surface area (Å²) in [6.45, 7) is 0. The number of nitrogens with one attached hydrogen (secondary N) is 1. The first-order valence-electron chi connectivity index (χ1n) is 9.89. The van der Waals surface area contributed by atoms with Crippen molar-refractivity contribution in [3.05, 3.63) is 90.5 Å². The summed E-state index contributed by atoms with van der Waals surface area (Å²) in [6, 6.07) is 27.0. The maximum Gasteiger partial charge on any atom is 0.250 e. The fourth-order valence-electron chi connectivity index (χ4n) is 2.98. The van der Waals surface area contributed by atoms with Gasteiger partial charge in [-0.3, -0.25) is 9.36 Å². The Morgan fingerprint density at radius 2 is 1.69 bits per heavy atom. The number of carbonyl (C=O) groups is 1. The third-order valence-corrected chi connectivity index (χ3v) is 5.46. The first-order chi connectivity index (χ1) is 15.7. The van der Waals surface area contributed by atoms with Crippen molar-refractivity contribution in [3.8, 4) is 22.8 Å². The molecule has 7 nitrogen and oxygen atoms in total. The Morgan fingerprint density at radius 3 is 2.38 bits per heavy atom. The molecular weight excluding hydrogens is 422 g/mol. The van der Waals surface area contributed by atoms with Crippen LogP contribution in [0.5, 0.6) is 5.75 Å². The Labute approximate surface area is 190 Å². The number of benzene rings is 3. The SMILES string of the molecule is COc1ccc(-c2nnc(SCC(=O)N/N=C/c3ccccc3)n2-c2ccccc2)cc1. The number of ether oxygens (including phenoxy) is 1. The Bertz CT molecular complexity index is 1190. The van der Waals surface area contributed by atoms with Crippen molar-refractivity contribution in [2.24, 2.45) is 5.10 Å². The molecule has 3 aromatic carbocycles. The Morgan fingerprint density at radius 1 is 1.00 bits per heavy atom. The van der Waals surface area contributed by atoms with Crippen LogP contribution in [0.2, 0.25) is 0 Å². The van der Waals surface area contributed by atoms with Crippen LogP contribution >= 0.6 is 11.8 Å². The van der Waals surface area contributed by atoms with Gasteiger partial charge in [-0.15, -0.1) is 10.2 Å². The molecular formula is C24H21N5O2S. The molecule has 4 rings (SSSR count). The van der Waals surface area contributed by atoms with Gasteiger partial charge in [0.1, 0.15) is 5.75 Å². The predicted octanol–water partition coefficient (Wildman–Crippen LogP) is 4.19. The third kappa shape index (κ3) is 5.22. The minimum atomic E-state index is -0.226. The second kappa shape index (κ2) is 10.4. The number of para-hydroxylation sites is 1. The van der Waals surface area contributed by atoms with E-state index in [9.17, 15) is 4.79 Å². The lowest BCUT2D eigenvalue weighted by atomic mass is 10.2. The van der Waals surface area contributed by atoms with E-state index in [1.54, 1.807) is 13.3 Å². The van der Waals surface area contributed by atoms with E-state index >= 15 is 0 Å². The smallest absolute Gasteiger partial charge is 0.250 e. The maximum absolute atomic E-state index is 12.3. The molecule has 0 unspecified atom stereocenters. The van der Waals surface area contributed by atoms with Crippen LogP contribution in [-0.2, 0) is 4.79 Å². The summed E-state index contributed by atoms with van der Waals surface area (Å²) in [5.74, 6) is 1.38. The molecule has 0 spiro atoms. The van der Waals surface area contributed by atoms with Crippen molar-refractivity contribution < 1.29 is 9.53 Å². The lowest BCUT2D eigenvalue weighted by molar-refractivity contribution is -0.118. The van der Waals surface area contributed by atoms with Crippen molar-refractivity contribution in [1.82, 2.24) is 20.2 Å². The Hall–Kier alpha value is -3.91. The van der Waals surface area contributed by atoms with Crippen LogP contribution in [0.4, 0.5) is 0 Å². The second-order valence-corrected chi connectivity index (χ2v) is 7.64. The zero-order chi connectivity index (χ0) is 22.2. The van der Waals surface area contributed by atoms with E-state index in [1.807, 2.05) is 89.5 Å². The molecule has 1 N–H and O–H groups in total. The molecule has 32 heavy (non-hydrogen) atoms. The van der Waals surface area contributed by atoms with Gasteiger partial charge in [0.15, 0.2) is 11.0 Å². The van der Waals surface area contributed by atoms with Crippen LogP contribution < -0.4 is 10.2 Å². The number of hydrazone groups is 1. The number of amides is 1. The molecule has 0 aliphatic heterocycles. The topological polar surface area (TPSA) is 81.4 Å². The van der Waals surface area contributed by atoms with Crippen molar-refractivity contribution >= 4 is 23.9 Å². The maximum atomic E-state index is 12.3. The van der Waals surface area contributed by atoms with E-state index in [0.717, 1.165) is 22.6 Å². The number of rotatable bonds is 8. The molecule has 0 fully saturated rings. The van der Waals surface area contributed by atoms with Crippen molar-refractivity contribution in [2.45, 2.75) is 5.16 Å². The molecule has 0 saturated carbocycles. The van der Waals surface area contributed by atoms with Crippen molar-refractivity contribution in [1.29, 1.82) is 0 Å². The van der Waals surface area contributed by atoms with Gasteiger partial charge in [-0.05, 0) is 42.0 Å². The lowest BCUT2D eigenvalue weighted by Gasteiger charge is -2.10. The van der Waals surface area contributed by atoms with Crippen LogP contribution in [0.3, 0.4) is 0 Å². The Balaban J connectivity index is 1.51. The highest BCUT2D eigenvalue weighted by Crippen LogP contribution is 2.28. The molecule has 0 saturated heterocycles. The van der Waals surface area contributed by atoms with Crippen molar-refractivity contribution in [3.63, 3.8) is 0 Å². The summed E-state index contributed by atoms with van der Waals surface area (Å²) in [5.41, 5.74) is 5.27. The minimum Gasteiger partial charge on any atom is -0.497 e. The summed E-state index contributed by atoms with van der Waals surface area (Å²) in [7, 11) is 1.63. The predicted molar refractivity (Wildman–Crippen MR) is 126 cm³/mol. The molecule has 1 amide bonds. The summed E-state index contributed by atoms with van der Waals surface area (Å²) in [5, 5.41) is 13.4. The average Bonchev–Trinajstić information content (AvgIpc) is 3.28. The highest BCUT2D eigenvalue weighted by atomic mass is 32.2. The molecule has 4 aromatic rings. The van der Waals surface area contributed by atoms with E-state index in [2.05, 4.69) is 20.7 Å². The van der Waals surface area contributed by atoms with E-state index in [1.165, 1.54) is 11.8 Å². The minimum absolute atomic E-state index is 0.152. The second-order valence-electron chi connectivity index (χ2n) is 6.70. The van der Waals surface area contributed by atoms with Gasteiger partial charge in [0.05, 0.1) is 19.1 Å². The number of carbonyl (C=O) groups excluding carboxylic acids is 1. The van der Waals surface area contributed by atoms with Gasteiger partial charge < -0.3 is 4.74 Å². The van der Waals surface area contributed by atoms with E-state index in [0.29, 0.717) is 11.0 Å². The summed E-state index contributed by atoms with van der Waals surface area (Å²) >= 11 is 1.30. The zero-order valence-corrected chi connectivity index (χ0v) is 18.2. The molecule has 1 aromatic heterocycles. The van der Waals surface area contributed by atoms with Gasteiger partial charge in [-0.25, -0.2) is 5.43 Å². The molecule has 1 heterocycles. The highest BCUT2D eigenvalue weighted by molar-refractivity contribution is 7.99. The fourth-order valence-corrected chi connectivity index (χ4v) is 3.72. The van der Waals surface area contributed by atoms with Gasteiger partial charge >= 0.3 is 0 Å². The largest absolute Gasteiger partial charge is 0.497 e. The molecule has 0 aliphatic carbocycles. The molecule has 0 atom stereocenters. The van der Waals surface area contributed by atoms with Crippen LogP contribution in [0.15, 0.2) is 95.2 Å². The van der Waals surface area contributed by atoms with Crippen LogP contribution in [0.1, 0.15) is 5.56 Å². The van der Waals surface area contributed by atoms with E-state index < -0.39 is 0 Å². The third-order valence-electron chi connectivity index (χ3n) is 4.53. The summed E-state index contributed by atoms with van der Waals surface area (Å²) < 4.78 is 7.19. The van der Waals surface area contributed by atoms with Crippen molar-refractivity contribution in [2.75, 3.05) is 12.9 Å². The van der Waals surface area contributed by atoms with Crippen LogP contribution in [-0.4, -0.2) is 39.7 Å². The van der Waals surface area contributed by atoms with Gasteiger partial charge in [0.2, 0.25) is 0 Å². The van der Waals surface area contributed by atoms with Gasteiger partial charge in [-0.2, -0.15) is 5.10 Å². The first kappa shape index (κ1) is 21.3. The van der Waals surface area contributed by atoms with Gasteiger partial charge in [0, 0.05) is 11.3 Å². The quantitative estimate of drug-likeness (QED) is 0.251. The number of thioether (sulfide) groups is 1. The molecule has 8 heteroatoms. The zero-order valence-electron chi connectivity index (χ0n) is 17.4. The summed E-state index contributed by atoms with van der Waals surface area (Å²) in [6.07, 6.45) is 1.61. The number of nitrogens with zero attached hydrogens (tertiary/aromatic N) is 4. The average molecular weight is 444 g/mol. The Kier molecular flexibility index (Phi) is 6.94. The van der Waals surface area contributed by atoms with E-state index in [-0.39, 0.29) is 11.7 Å². The monoisotopic (exact) mass is 443 g/mol. The van der Waals surface area contributed by atoms with Gasteiger partial charge in [-0.1, -0.05) is 60.3 Å². The van der Waals surface area contributed by atoms with Crippen LogP contribution in [0.25, 0.3) is 17.1 Å². The first-order valence-corrected chi connectivity index (χ1v) is 10.9. The van der Waals surface area contributed by atoms with Gasteiger partial charge in [0.25, 0.3) is 5.91 Å². The number of hydrogen-bond donors (Lipinski definition) is 1. The number of hydrogen-bond acceptors (Lipinski definition) is 6. The number of methoxy groups -OCH3 is 1. The molecule has 0 aliphatic rings. The molecule has 0 bridgehead atoms. The number of aromatic nitrogens is 3. The fraction of sp³-hybridized carbons (Fsp3) is 0.0833. The highest BCUT2D eigenvalue weighted by Gasteiger charge is 2.17. The summed E-state index contributed by atoms with van der Waals surface area (Å²) in [4.78, 5) is 12.3. The normalized spacial score (nSPS) is 10.9. The molecule has 160 valence electrons.